The summed E-state index contributed by atoms with van der Waals surface area (Å²) in [6.07, 6.45) is 0.0694. The van der Waals surface area contributed by atoms with E-state index in [9.17, 15) is 9.70 Å². The monoisotopic (exact) mass is 131 g/mol. The van der Waals surface area contributed by atoms with Crippen molar-refractivity contribution in [2.24, 2.45) is 5.18 Å². The number of carbonyl (C=O) groups is 1. The predicted molar refractivity (Wildman–Crippen MR) is 31.9 cm³/mol. The molecular weight excluding hydrogens is 122 g/mol. The largest absolute Gasteiger partial charge is 0.469 e. The molecule has 0 N–H and O–H groups in total. The molecular formula is C5H9NO3. The van der Waals surface area contributed by atoms with E-state index in [1.165, 1.54) is 7.11 Å². The highest BCUT2D eigenvalue weighted by molar-refractivity contribution is 5.69. The van der Waals surface area contributed by atoms with Crippen LogP contribution in [0.5, 0.6) is 0 Å². The van der Waals surface area contributed by atoms with Crippen molar-refractivity contribution in [1.82, 2.24) is 0 Å². The average Bonchev–Trinajstić information content (AvgIpc) is 1.87. The summed E-state index contributed by atoms with van der Waals surface area (Å²) in [7, 11) is 1.28. The van der Waals surface area contributed by atoms with Crippen LogP contribution in [0.2, 0.25) is 0 Å². The molecule has 0 bridgehead atoms. The Labute approximate surface area is 53.2 Å². The van der Waals surface area contributed by atoms with Crippen LogP contribution in [0.4, 0.5) is 0 Å². The molecule has 0 amide bonds. The van der Waals surface area contributed by atoms with Crippen molar-refractivity contribution in [2.75, 3.05) is 7.11 Å². The minimum Gasteiger partial charge on any atom is -0.469 e. The van der Waals surface area contributed by atoms with Gasteiger partial charge in [-0.3, -0.25) is 4.79 Å². The summed E-state index contributed by atoms with van der Waals surface area (Å²) in [5.74, 6) is -0.401. The lowest BCUT2D eigenvalue weighted by molar-refractivity contribution is -0.140. The van der Waals surface area contributed by atoms with Crippen molar-refractivity contribution in [3.63, 3.8) is 0 Å². The molecule has 1 atom stereocenters. The third kappa shape index (κ3) is 3.64. The summed E-state index contributed by atoms with van der Waals surface area (Å²) < 4.78 is 4.28. The van der Waals surface area contributed by atoms with Gasteiger partial charge in [0.2, 0.25) is 0 Å². The second-order valence-electron chi connectivity index (χ2n) is 1.73. The first kappa shape index (κ1) is 8.07. The summed E-state index contributed by atoms with van der Waals surface area (Å²) in [6, 6.07) is -0.475. The maximum atomic E-state index is 10.4. The first-order chi connectivity index (χ1) is 4.20. The molecule has 0 radical (unpaired) electrons. The molecule has 0 aliphatic heterocycles. The molecule has 0 aromatic carbocycles. The molecule has 9 heavy (non-hydrogen) atoms. The Kier molecular flexibility index (Phi) is 3.59. The Morgan fingerprint density at radius 2 is 2.33 bits per heavy atom. The molecule has 0 rings (SSSR count). The fourth-order valence-electron chi connectivity index (χ4n) is 0.362. The number of carbonyl (C=O) groups excluding carboxylic acids is 1. The van der Waals surface area contributed by atoms with Crippen LogP contribution >= 0.6 is 0 Å². The summed E-state index contributed by atoms with van der Waals surface area (Å²) in [6.45, 7) is 1.56. The van der Waals surface area contributed by atoms with Gasteiger partial charge in [-0.05, 0) is 6.92 Å². The normalized spacial score (nSPS) is 12.2. The molecule has 0 saturated carbocycles. The highest BCUT2D eigenvalue weighted by Gasteiger charge is 2.07. The first-order valence-electron chi connectivity index (χ1n) is 2.60. The number of esters is 1. The van der Waals surface area contributed by atoms with Crippen molar-refractivity contribution < 1.29 is 9.53 Å². The number of nitroso groups, excluding NO2 is 1. The zero-order valence-electron chi connectivity index (χ0n) is 5.46. The van der Waals surface area contributed by atoms with Crippen LogP contribution in [0.15, 0.2) is 5.18 Å². The molecule has 0 aliphatic carbocycles. The number of nitrogens with zero attached hydrogens (tertiary/aromatic N) is 1. The van der Waals surface area contributed by atoms with Crippen LogP contribution < -0.4 is 0 Å². The molecule has 0 aromatic heterocycles. The minimum atomic E-state index is -0.475. The summed E-state index contributed by atoms with van der Waals surface area (Å²) in [5.41, 5.74) is 0. The third-order valence-corrected chi connectivity index (χ3v) is 0.870. The Bertz CT molecular complexity index is 113. The second kappa shape index (κ2) is 4.00. The van der Waals surface area contributed by atoms with E-state index >= 15 is 0 Å². The van der Waals surface area contributed by atoms with E-state index in [1.54, 1.807) is 6.92 Å². The smallest absolute Gasteiger partial charge is 0.307 e. The Hall–Kier alpha value is -0.930. The third-order valence-electron chi connectivity index (χ3n) is 0.870. The molecule has 0 aliphatic rings. The number of methoxy groups -OCH3 is 1. The Morgan fingerprint density at radius 3 is 2.67 bits per heavy atom. The standard InChI is InChI=1S/C5H9NO3/c1-4(6-8)3-5(7)9-2/h4H,3H2,1-2H3. The summed E-state index contributed by atoms with van der Waals surface area (Å²) in [4.78, 5) is 20.1. The van der Waals surface area contributed by atoms with Gasteiger partial charge >= 0.3 is 5.97 Å². The van der Waals surface area contributed by atoms with Gasteiger partial charge in [0.15, 0.2) is 0 Å². The van der Waals surface area contributed by atoms with E-state index in [4.69, 9.17) is 0 Å². The zero-order chi connectivity index (χ0) is 7.28. The highest BCUT2D eigenvalue weighted by Crippen LogP contribution is 1.96. The zero-order valence-corrected chi connectivity index (χ0v) is 5.46. The molecule has 1 unspecified atom stereocenters. The predicted octanol–water partition coefficient (Wildman–Crippen LogP) is 0.704. The van der Waals surface area contributed by atoms with E-state index in [0.29, 0.717) is 0 Å². The van der Waals surface area contributed by atoms with Crippen LogP contribution in [0.25, 0.3) is 0 Å². The lowest BCUT2D eigenvalue weighted by Gasteiger charge is -1.97. The van der Waals surface area contributed by atoms with Crippen molar-refractivity contribution in [3.05, 3.63) is 4.91 Å². The van der Waals surface area contributed by atoms with Gasteiger partial charge in [0.1, 0.15) is 0 Å². The molecule has 52 valence electrons. The Morgan fingerprint density at radius 1 is 1.78 bits per heavy atom. The lowest BCUT2D eigenvalue weighted by Crippen LogP contribution is -2.08. The van der Waals surface area contributed by atoms with E-state index in [2.05, 4.69) is 9.91 Å². The highest BCUT2D eigenvalue weighted by atomic mass is 16.5. The lowest BCUT2D eigenvalue weighted by atomic mass is 10.3. The van der Waals surface area contributed by atoms with Gasteiger partial charge in [0, 0.05) is 0 Å². The second-order valence-corrected chi connectivity index (χ2v) is 1.73. The van der Waals surface area contributed by atoms with Crippen LogP contribution in [0.3, 0.4) is 0 Å². The number of hydrogen-bond donors (Lipinski definition) is 0. The molecule has 0 aromatic rings. The van der Waals surface area contributed by atoms with Gasteiger partial charge in [-0.2, -0.15) is 4.91 Å². The molecule has 4 heteroatoms. The average molecular weight is 131 g/mol. The fraction of sp³-hybridized carbons (Fsp3) is 0.800. The van der Waals surface area contributed by atoms with Gasteiger partial charge in [0.05, 0.1) is 19.6 Å². The SMILES string of the molecule is COC(=O)CC(C)N=O. The van der Waals surface area contributed by atoms with E-state index < -0.39 is 12.0 Å². The van der Waals surface area contributed by atoms with E-state index in [-0.39, 0.29) is 6.42 Å². The number of rotatable bonds is 3. The molecule has 4 nitrogen and oxygen atoms in total. The minimum absolute atomic E-state index is 0.0694. The van der Waals surface area contributed by atoms with E-state index in [1.807, 2.05) is 0 Å². The van der Waals surface area contributed by atoms with Crippen LogP contribution in [0.1, 0.15) is 13.3 Å². The molecule has 0 spiro atoms. The number of ether oxygens (including phenoxy) is 1. The maximum absolute atomic E-state index is 10.4. The summed E-state index contributed by atoms with van der Waals surface area (Å²) >= 11 is 0. The van der Waals surface area contributed by atoms with Crippen molar-refractivity contribution in [2.45, 2.75) is 19.4 Å². The fourth-order valence-corrected chi connectivity index (χ4v) is 0.362. The quantitative estimate of drug-likeness (QED) is 0.418. The topological polar surface area (TPSA) is 55.7 Å². The Balaban J connectivity index is 3.46. The first-order valence-corrected chi connectivity index (χ1v) is 2.60. The van der Waals surface area contributed by atoms with Gasteiger partial charge in [-0.15, -0.1) is 0 Å². The molecule has 0 fully saturated rings. The molecule has 0 saturated heterocycles. The van der Waals surface area contributed by atoms with Crippen LogP contribution in [-0.2, 0) is 9.53 Å². The van der Waals surface area contributed by atoms with Gasteiger partial charge in [-0.1, -0.05) is 5.18 Å². The maximum Gasteiger partial charge on any atom is 0.307 e. The summed E-state index contributed by atoms with van der Waals surface area (Å²) in [5, 5.41) is 2.63. The van der Waals surface area contributed by atoms with Gasteiger partial charge in [0.25, 0.3) is 0 Å². The van der Waals surface area contributed by atoms with Gasteiger partial charge in [-0.25, -0.2) is 0 Å². The van der Waals surface area contributed by atoms with Crippen LogP contribution in [-0.4, -0.2) is 19.1 Å². The number of hydrogen-bond acceptors (Lipinski definition) is 4. The molecule has 0 heterocycles. The van der Waals surface area contributed by atoms with Crippen LogP contribution in [0, 0.1) is 4.91 Å². The van der Waals surface area contributed by atoms with Gasteiger partial charge < -0.3 is 4.74 Å². The van der Waals surface area contributed by atoms with Crippen molar-refractivity contribution in [1.29, 1.82) is 0 Å². The van der Waals surface area contributed by atoms with Crippen molar-refractivity contribution in [3.8, 4) is 0 Å². The van der Waals surface area contributed by atoms with Crippen molar-refractivity contribution >= 4 is 5.97 Å². The van der Waals surface area contributed by atoms with E-state index in [0.717, 1.165) is 0 Å².